The van der Waals surface area contributed by atoms with Crippen molar-refractivity contribution in [1.29, 1.82) is 0 Å². The Balaban J connectivity index is 1.91. The molecule has 2 heterocycles. The van der Waals surface area contributed by atoms with Crippen LogP contribution in [0.2, 0.25) is 0 Å². The highest BCUT2D eigenvalue weighted by Crippen LogP contribution is 2.12. The summed E-state index contributed by atoms with van der Waals surface area (Å²) in [4.78, 5) is 45.8. The van der Waals surface area contributed by atoms with E-state index < -0.39 is 12.1 Å². The fraction of sp³-hybridized carbons (Fsp3) is 0.571. The number of rotatable bonds is 6. The lowest BCUT2D eigenvalue weighted by Crippen LogP contribution is -2.37. The van der Waals surface area contributed by atoms with Crippen LogP contribution in [0.5, 0.6) is 0 Å². The topological polar surface area (TPSA) is 98.4 Å². The third-order valence-electron chi connectivity index (χ3n) is 3.50. The molecule has 0 bridgehead atoms. The molecule has 4 amide bonds. The molecule has 1 aromatic rings. The monoisotopic (exact) mass is 307 g/mol. The Bertz CT molecular complexity index is 583. The molecular weight excluding hydrogens is 286 g/mol. The number of hydrogen-bond acceptors (Lipinski definition) is 4. The maximum atomic E-state index is 12.2. The van der Waals surface area contributed by atoms with Gasteiger partial charge in [-0.05, 0) is 13.3 Å². The molecule has 22 heavy (non-hydrogen) atoms. The van der Waals surface area contributed by atoms with Crippen LogP contribution in [0.15, 0.2) is 6.20 Å². The van der Waals surface area contributed by atoms with E-state index in [4.69, 9.17) is 0 Å². The number of nitrogens with zero attached hydrogens (tertiary/aromatic N) is 3. The molecule has 1 fully saturated rings. The van der Waals surface area contributed by atoms with E-state index >= 15 is 0 Å². The summed E-state index contributed by atoms with van der Waals surface area (Å²) in [5.74, 6) is 0.135. The van der Waals surface area contributed by atoms with Gasteiger partial charge in [-0.15, -0.1) is 0 Å². The largest absolute Gasteiger partial charge is 0.345 e. The van der Waals surface area contributed by atoms with Crippen LogP contribution in [0.3, 0.4) is 0 Å². The third-order valence-corrected chi connectivity index (χ3v) is 3.50. The Morgan fingerprint density at radius 3 is 2.77 bits per heavy atom. The smallest absolute Gasteiger partial charge is 0.324 e. The zero-order valence-corrected chi connectivity index (χ0v) is 13.0. The Morgan fingerprint density at radius 2 is 2.18 bits per heavy atom. The van der Waals surface area contributed by atoms with E-state index in [1.807, 2.05) is 13.8 Å². The van der Waals surface area contributed by atoms with Crippen LogP contribution < -0.4 is 5.32 Å². The second kappa shape index (κ2) is 6.59. The van der Waals surface area contributed by atoms with Crippen molar-refractivity contribution < 1.29 is 14.4 Å². The number of imide groups is 1. The van der Waals surface area contributed by atoms with E-state index in [9.17, 15) is 14.4 Å². The molecule has 120 valence electrons. The van der Waals surface area contributed by atoms with Crippen LogP contribution in [0.25, 0.3) is 0 Å². The summed E-state index contributed by atoms with van der Waals surface area (Å²) in [5.41, 5.74) is 0.921. The van der Waals surface area contributed by atoms with Crippen LogP contribution in [0.1, 0.15) is 31.3 Å². The van der Waals surface area contributed by atoms with Gasteiger partial charge < -0.3 is 15.2 Å². The van der Waals surface area contributed by atoms with Crippen LogP contribution in [-0.4, -0.2) is 57.2 Å². The molecule has 0 aliphatic carbocycles. The van der Waals surface area contributed by atoms with Crippen molar-refractivity contribution in [2.45, 2.75) is 39.3 Å². The first-order valence-electron chi connectivity index (χ1n) is 7.28. The average Bonchev–Trinajstić information content (AvgIpc) is 2.98. The van der Waals surface area contributed by atoms with E-state index in [0.717, 1.165) is 10.6 Å². The minimum absolute atomic E-state index is 0.0407. The van der Waals surface area contributed by atoms with Gasteiger partial charge in [-0.3, -0.25) is 14.5 Å². The first-order valence-corrected chi connectivity index (χ1v) is 7.28. The molecule has 2 rings (SSSR count). The number of carbonyl (C=O) groups excluding carboxylic acids is 3. The molecule has 8 heteroatoms. The fourth-order valence-corrected chi connectivity index (χ4v) is 2.34. The van der Waals surface area contributed by atoms with E-state index in [1.54, 1.807) is 13.2 Å². The summed E-state index contributed by atoms with van der Waals surface area (Å²) in [6, 6.07) is -1.19. The van der Waals surface area contributed by atoms with Crippen molar-refractivity contribution in [1.82, 2.24) is 25.1 Å². The maximum absolute atomic E-state index is 12.2. The highest BCUT2D eigenvalue weighted by molar-refractivity contribution is 6.05. The maximum Gasteiger partial charge on any atom is 0.324 e. The van der Waals surface area contributed by atoms with Gasteiger partial charge >= 0.3 is 6.03 Å². The minimum atomic E-state index is -0.771. The van der Waals surface area contributed by atoms with E-state index in [1.165, 1.54) is 4.90 Å². The van der Waals surface area contributed by atoms with Crippen LogP contribution in [0.4, 0.5) is 4.79 Å². The van der Waals surface area contributed by atoms with Crippen LogP contribution in [-0.2, 0) is 16.1 Å². The molecule has 1 aromatic heterocycles. The zero-order chi connectivity index (χ0) is 16.3. The number of amides is 4. The molecule has 1 atom stereocenters. The second-order valence-corrected chi connectivity index (χ2v) is 5.46. The van der Waals surface area contributed by atoms with E-state index in [-0.39, 0.29) is 18.2 Å². The van der Waals surface area contributed by atoms with Gasteiger partial charge in [0.2, 0.25) is 5.91 Å². The molecule has 1 saturated heterocycles. The molecule has 0 spiro atoms. The molecule has 0 aromatic carbocycles. The number of aryl methyl sites for hydroxylation is 1. The van der Waals surface area contributed by atoms with Crippen molar-refractivity contribution in [2.75, 3.05) is 13.6 Å². The van der Waals surface area contributed by atoms with Gasteiger partial charge in [0.15, 0.2) is 0 Å². The summed E-state index contributed by atoms with van der Waals surface area (Å²) in [6.45, 7) is 4.47. The van der Waals surface area contributed by atoms with Gasteiger partial charge in [0.1, 0.15) is 11.9 Å². The quantitative estimate of drug-likeness (QED) is 0.743. The van der Waals surface area contributed by atoms with Gasteiger partial charge in [-0.25, -0.2) is 9.78 Å². The SMILES string of the molecule is CCCN1C(=O)N[C@H](CC(=O)N(C)Cc2ncc(C)[nH]2)C1=O. The number of hydrogen-bond donors (Lipinski definition) is 2. The highest BCUT2D eigenvalue weighted by Gasteiger charge is 2.38. The summed E-state index contributed by atoms with van der Waals surface area (Å²) in [5, 5.41) is 2.56. The molecular formula is C14H21N5O3. The van der Waals surface area contributed by atoms with E-state index in [2.05, 4.69) is 15.3 Å². The van der Waals surface area contributed by atoms with Gasteiger partial charge in [-0.2, -0.15) is 0 Å². The minimum Gasteiger partial charge on any atom is -0.345 e. The van der Waals surface area contributed by atoms with Crippen molar-refractivity contribution in [3.8, 4) is 0 Å². The Hall–Kier alpha value is -2.38. The molecule has 0 radical (unpaired) electrons. The Kier molecular flexibility index (Phi) is 4.79. The van der Waals surface area contributed by atoms with E-state index in [0.29, 0.717) is 25.3 Å². The second-order valence-electron chi connectivity index (χ2n) is 5.46. The normalized spacial score (nSPS) is 17.8. The Morgan fingerprint density at radius 1 is 1.45 bits per heavy atom. The van der Waals surface area contributed by atoms with Gasteiger partial charge in [0, 0.05) is 25.5 Å². The van der Waals surface area contributed by atoms with Gasteiger partial charge in [0.05, 0.1) is 13.0 Å². The zero-order valence-electron chi connectivity index (χ0n) is 13.0. The van der Waals surface area contributed by atoms with Crippen LogP contribution >= 0.6 is 0 Å². The predicted molar refractivity (Wildman–Crippen MR) is 78.7 cm³/mol. The molecule has 1 aliphatic heterocycles. The fourth-order valence-electron chi connectivity index (χ4n) is 2.34. The number of aromatic nitrogens is 2. The van der Waals surface area contributed by atoms with Crippen molar-refractivity contribution in [3.63, 3.8) is 0 Å². The average molecular weight is 307 g/mol. The summed E-state index contributed by atoms with van der Waals surface area (Å²) >= 11 is 0. The predicted octanol–water partition coefficient (Wildman–Crippen LogP) is 0.397. The molecule has 8 nitrogen and oxygen atoms in total. The number of imidazole rings is 1. The van der Waals surface area contributed by atoms with Gasteiger partial charge in [0.25, 0.3) is 5.91 Å². The van der Waals surface area contributed by atoms with Crippen molar-refractivity contribution in [2.24, 2.45) is 0 Å². The Labute approximate surface area is 128 Å². The van der Waals surface area contributed by atoms with Crippen molar-refractivity contribution in [3.05, 3.63) is 17.7 Å². The summed E-state index contributed by atoms with van der Waals surface area (Å²) < 4.78 is 0. The molecule has 1 aliphatic rings. The lowest BCUT2D eigenvalue weighted by atomic mass is 10.2. The molecule has 2 N–H and O–H groups in total. The number of aromatic amines is 1. The van der Waals surface area contributed by atoms with Crippen LogP contribution in [0, 0.1) is 6.92 Å². The number of carbonyl (C=O) groups is 3. The number of H-pyrrole nitrogens is 1. The molecule has 0 unspecified atom stereocenters. The molecule has 0 saturated carbocycles. The standard InChI is InChI=1S/C14H21N5O3/c1-4-5-19-13(21)10(17-14(19)22)6-12(20)18(3)8-11-15-7-9(2)16-11/h7,10H,4-6,8H2,1-3H3,(H,15,16)(H,17,22)/t10-/m1/s1. The van der Waals surface area contributed by atoms with Crippen molar-refractivity contribution >= 4 is 17.8 Å². The highest BCUT2D eigenvalue weighted by atomic mass is 16.2. The first-order chi connectivity index (χ1) is 10.4. The number of nitrogens with one attached hydrogen (secondary N) is 2. The summed E-state index contributed by atoms with van der Waals surface area (Å²) in [6.07, 6.45) is 2.34. The first kappa shape index (κ1) is 16.0. The number of urea groups is 1. The lowest BCUT2D eigenvalue weighted by molar-refractivity contribution is -0.135. The summed E-state index contributed by atoms with van der Waals surface area (Å²) in [7, 11) is 1.64. The lowest BCUT2D eigenvalue weighted by Gasteiger charge is -2.17. The third kappa shape index (κ3) is 3.44. The van der Waals surface area contributed by atoms with Gasteiger partial charge in [-0.1, -0.05) is 6.92 Å².